The lowest BCUT2D eigenvalue weighted by molar-refractivity contribution is -0.384. The number of para-hydroxylation sites is 2. The lowest BCUT2D eigenvalue weighted by Gasteiger charge is -2.33. The number of rotatable bonds is 11. The van der Waals surface area contributed by atoms with Crippen molar-refractivity contribution in [2.75, 3.05) is 32.0 Å². The lowest BCUT2D eigenvalue weighted by atomic mass is 10.0. The second-order valence-electron chi connectivity index (χ2n) is 13.7. The van der Waals surface area contributed by atoms with Gasteiger partial charge in [0.1, 0.15) is 23.6 Å². The summed E-state index contributed by atoms with van der Waals surface area (Å²) in [7, 11) is 0. The molecule has 8 rings (SSSR count). The minimum atomic E-state index is -0.473. The van der Waals surface area contributed by atoms with E-state index in [1.807, 2.05) is 60.7 Å². The Balaban J connectivity index is 0.000000177. The number of piperidine rings is 2. The van der Waals surface area contributed by atoms with Gasteiger partial charge in [-0.25, -0.2) is 0 Å². The highest BCUT2D eigenvalue weighted by atomic mass is 16.6. The number of nitrogens with two attached hydrogens (primary N) is 1. The molecule has 4 aromatic carbocycles. The van der Waals surface area contributed by atoms with Crippen LogP contribution in [0.4, 0.5) is 11.4 Å². The Morgan fingerprint density at radius 1 is 0.672 bits per heavy atom. The number of benzene rings is 4. The fourth-order valence-corrected chi connectivity index (χ4v) is 6.87. The molecule has 16 heteroatoms. The summed E-state index contributed by atoms with van der Waals surface area (Å²) >= 11 is 0. The van der Waals surface area contributed by atoms with Crippen LogP contribution in [0.1, 0.15) is 62.4 Å². The molecule has 0 radical (unpaired) electrons. The minimum Gasteiger partial charge on any atom is -0.484 e. The normalized spacial score (nSPS) is 16.5. The fourth-order valence-electron chi connectivity index (χ4n) is 6.87. The monoisotopic (exact) mass is 786 g/mol. The molecule has 2 amide bonds. The number of hydrogen-bond acceptors (Lipinski definition) is 13. The molecule has 0 unspecified atom stereocenters. The van der Waals surface area contributed by atoms with E-state index in [9.17, 15) is 19.7 Å². The van der Waals surface area contributed by atoms with Crippen molar-refractivity contribution in [3.63, 3.8) is 0 Å². The topological polar surface area (TPSA) is 206 Å². The molecule has 0 saturated carbocycles. The molecular weight excluding hydrogens is 745 g/mol. The van der Waals surface area contributed by atoms with Crippen molar-refractivity contribution in [1.29, 1.82) is 0 Å². The van der Waals surface area contributed by atoms with Gasteiger partial charge in [-0.1, -0.05) is 71.0 Å². The summed E-state index contributed by atoms with van der Waals surface area (Å²) in [5, 5.41) is 19.1. The fraction of sp³-hybridized carbons (Fsp3) is 0.286. The largest absolute Gasteiger partial charge is 0.484 e. The average molecular weight is 787 g/mol. The Labute approximate surface area is 333 Å². The molecule has 0 bridgehead atoms. The van der Waals surface area contributed by atoms with Crippen LogP contribution in [-0.2, 0) is 9.59 Å². The van der Waals surface area contributed by atoms with E-state index < -0.39 is 4.92 Å². The molecule has 2 saturated heterocycles. The van der Waals surface area contributed by atoms with Gasteiger partial charge in [0.15, 0.2) is 13.2 Å². The number of hydrogen-bond donors (Lipinski definition) is 1. The van der Waals surface area contributed by atoms with E-state index in [2.05, 4.69) is 20.3 Å². The first-order chi connectivity index (χ1) is 28.3. The van der Waals surface area contributed by atoms with Crippen LogP contribution in [0.25, 0.3) is 22.8 Å². The number of ether oxygens (including phenoxy) is 2. The molecule has 2 N–H and O–H groups in total. The summed E-state index contributed by atoms with van der Waals surface area (Å²) in [5.74, 6) is 2.56. The van der Waals surface area contributed by atoms with E-state index in [-0.39, 0.29) is 48.6 Å². The SMILES string of the molecule is Nc1cccc(-c2noc([C@H]3CCCCN3C(=O)COc3ccccc3)n2)c1.O=C(COc1ccccc1)N1CCCC[C@@H]1c1nc(-c2cccc([N+](=O)[O-])c2)no1. The van der Waals surface area contributed by atoms with Gasteiger partial charge < -0.3 is 34.1 Å². The van der Waals surface area contributed by atoms with Crippen molar-refractivity contribution in [3.05, 3.63) is 131 Å². The summed E-state index contributed by atoms with van der Waals surface area (Å²) in [5.41, 5.74) is 7.70. The molecule has 58 heavy (non-hydrogen) atoms. The van der Waals surface area contributed by atoms with E-state index in [4.69, 9.17) is 24.3 Å². The average Bonchev–Trinajstić information content (AvgIpc) is 3.98. The number of aromatic nitrogens is 4. The molecule has 2 aliphatic rings. The van der Waals surface area contributed by atoms with Crippen LogP contribution in [0.3, 0.4) is 0 Å². The molecule has 298 valence electrons. The Morgan fingerprint density at radius 3 is 1.64 bits per heavy atom. The van der Waals surface area contributed by atoms with Gasteiger partial charge in [0.05, 0.1) is 4.92 Å². The number of amides is 2. The van der Waals surface area contributed by atoms with Crippen LogP contribution in [0, 0.1) is 10.1 Å². The molecule has 2 fully saturated rings. The minimum absolute atomic E-state index is 0.0171. The summed E-state index contributed by atoms with van der Waals surface area (Å²) in [6, 6.07) is 31.3. The first-order valence-corrected chi connectivity index (χ1v) is 19.0. The Morgan fingerprint density at radius 2 is 1.16 bits per heavy atom. The second kappa shape index (κ2) is 18.7. The molecule has 16 nitrogen and oxygen atoms in total. The standard InChI is InChI=1S/C21H20N4O5.C21H22N4O3/c26-19(14-29-17-9-2-1-3-10-17)24-12-5-4-11-18(24)21-22-20(23-30-21)15-7-6-8-16(13-15)25(27)28;22-16-8-6-7-15(13-16)20-23-21(28-24-20)18-11-4-5-12-25(18)19(26)14-27-17-9-2-1-3-10-17/h1-3,6-10,13,18H,4-5,11-12,14H2;1-3,6-10,13,18H,4-5,11-12,14,22H2/t2*18-/m11/s1. The van der Waals surface area contributed by atoms with Crippen LogP contribution < -0.4 is 15.2 Å². The van der Waals surface area contributed by atoms with Crippen LogP contribution in [-0.4, -0.2) is 73.1 Å². The quantitative estimate of drug-likeness (QED) is 0.0783. The summed E-state index contributed by atoms with van der Waals surface area (Å²) in [6.07, 6.45) is 5.26. The van der Waals surface area contributed by atoms with E-state index in [1.54, 1.807) is 46.2 Å². The van der Waals surface area contributed by atoms with Crippen molar-refractivity contribution >= 4 is 23.2 Å². The van der Waals surface area contributed by atoms with Crippen molar-refractivity contribution in [2.45, 2.75) is 50.6 Å². The summed E-state index contributed by atoms with van der Waals surface area (Å²) < 4.78 is 22.2. The third kappa shape index (κ3) is 9.82. The predicted molar refractivity (Wildman–Crippen MR) is 211 cm³/mol. The van der Waals surface area contributed by atoms with Crippen molar-refractivity contribution in [2.24, 2.45) is 0 Å². The number of likely N-dealkylation sites (tertiary alicyclic amines) is 2. The zero-order valence-electron chi connectivity index (χ0n) is 31.6. The zero-order chi connectivity index (χ0) is 40.3. The smallest absolute Gasteiger partial charge is 0.270 e. The summed E-state index contributed by atoms with van der Waals surface area (Å²) in [6.45, 7) is 1.14. The number of non-ortho nitro benzene ring substituents is 1. The first-order valence-electron chi connectivity index (χ1n) is 19.0. The number of nitrogen functional groups attached to an aromatic ring is 1. The van der Waals surface area contributed by atoms with E-state index >= 15 is 0 Å². The predicted octanol–water partition coefficient (Wildman–Crippen LogP) is 7.23. The molecule has 4 heterocycles. The summed E-state index contributed by atoms with van der Waals surface area (Å²) in [4.78, 5) is 48.5. The molecule has 0 spiro atoms. The van der Waals surface area contributed by atoms with E-state index in [0.717, 1.165) is 37.7 Å². The number of anilines is 1. The Bertz CT molecular complexity index is 2300. The lowest BCUT2D eigenvalue weighted by Crippen LogP contribution is -2.41. The maximum absolute atomic E-state index is 12.8. The maximum atomic E-state index is 12.8. The maximum Gasteiger partial charge on any atom is 0.270 e. The number of carbonyl (C=O) groups excluding carboxylic acids is 2. The van der Waals surface area contributed by atoms with E-state index in [0.29, 0.717) is 59.9 Å². The molecular formula is C42H42N8O8. The Kier molecular flexibility index (Phi) is 12.6. The third-order valence-electron chi connectivity index (χ3n) is 9.77. The van der Waals surface area contributed by atoms with Gasteiger partial charge in [-0.15, -0.1) is 0 Å². The van der Waals surface area contributed by atoms with Gasteiger partial charge in [0, 0.05) is 42.0 Å². The highest BCUT2D eigenvalue weighted by molar-refractivity contribution is 5.79. The van der Waals surface area contributed by atoms with Crippen LogP contribution in [0.15, 0.2) is 118 Å². The number of nitro benzene ring substituents is 1. The highest BCUT2D eigenvalue weighted by Crippen LogP contribution is 2.33. The number of nitro groups is 1. The van der Waals surface area contributed by atoms with E-state index in [1.165, 1.54) is 12.1 Å². The number of nitrogens with zero attached hydrogens (tertiary/aromatic N) is 7. The molecule has 2 aromatic heterocycles. The Hall–Kier alpha value is -7.10. The number of carbonyl (C=O) groups is 2. The van der Waals surface area contributed by atoms with Crippen LogP contribution >= 0.6 is 0 Å². The third-order valence-corrected chi connectivity index (χ3v) is 9.77. The van der Waals surface area contributed by atoms with Crippen molar-refractivity contribution < 1.29 is 33.0 Å². The molecule has 6 aromatic rings. The first kappa shape index (κ1) is 39.1. The second-order valence-corrected chi connectivity index (χ2v) is 13.7. The van der Waals surface area contributed by atoms with Gasteiger partial charge in [0.25, 0.3) is 17.5 Å². The van der Waals surface area contributed by atoms with Gasteiger partial charge in [-0.05, 0) is 74.9 Å². The van der Waals surface area contributed by atoms with Gasteiger partial charge in [0.2, 0.25) is 23.4 Å². The molecule has 2 aliphatic heterocycles. The van der Waals surface area contributed by atoms with Crippen LogP contribution in [0.5, 0.6) is 11.5 Å². The molecule has 0 aliphatic carbocycles. The highest BCUT2D eigenvalue weighted by Gasteiger charge is 2.34. The van der Waals surface area contributed by atoms with Gasteiger partial charge in [-0.2, -0.15) is 9.97 Å². The van der Waals surface area contributed by atoms with Gasteiger partial charge in [-0.3, -0.25) is 19.7 Å². The molecule has 2 atom stereocenters. The van der Waals surface area contributed by atoms with Crippen molar-refractivity contribution in [3.8, 4) is 34.3 Å². The van der Waals surface area contributed by atoms with Gasteiger partial charge >= 0.3 is 0 Å². The van der Waals surface area contributed by atoms with Crippen molar-refractivity contribution in [1.82, 2.24) is 30.1 Å². The zero-order valence-corrected chi connectivity index (χ0v) is 31.6. The van der Waals surface area contributed by atoms with Crippen LogP contribution in [0.2, 0.25) is 0 Å².